The van der Waals surface area contributed by atoms with Crippen molar-refractivity contribution in [1.82, 2.24) is 4.98 Å². The van der Waals surface area contributed by atoms with Crippen LogP contribution in [0.2, 0.25) is 0 Å². The van der Waals surface area contributed by atoms with E-state index in [1.807, 2.05) is 0 Å². The van der Waals surface area contributed by atoms with Crippen LogP contribution in [0.25, 0.3) is 0 Å². The van der Waals surface area contributed by atoms with Gasteiger partial charge < -0.3 is 20.6 Å². The molecule has 1 aromatic rings. The molecule has 0 radical (unpaired) electrons. The molecule has 0 unspecified atom stereocenters. The Morgan fingerprint density at radius 3 is 2.39 bits per heavy atom. The molecule has 0 amide bonds. The molecule has 1 heterocycles. The minimum Gasteiger partial charge on any atom is -0.394 e. The number of rotatable bonds is 6. The number of hydrogen-bond acceptors (Lipinski definition) is 7. The third kappa shape index (κ3) is 2.92. The van der Waals surface area contributed by atoms with Crippen LogP contribution in [-0.2, 0) is 0 Å². The Balaban J connectivity index is 3.13. The minimum atomic E-state index is -1.45. The Bertz CT molecular complexity index is 425. The first-order valence-corrected chi connectivity index (χ1v) is 5.20. The van der Waals surface area contributed by atoms with Crippen molar-refractivity contribution in [3.8, 4) is 0 Å². The topological polar surface area (TPSA) is 129 Å². The smallest absolute Gasteiger partial charge is 0.311 e. The number of aliphatic hydroxyl groups excluding tert-OH is 3. The van der Waals surface area contributed by atoms with Crippen LogP contribution in [0, 0.1) is 17.0 Å². The van der Waals surface area contributed by atoms with Crippen LogP contribution in [0.4, 0.5) is 11.5 Å². The van der Waals surface area contributed by atoms with Crippen molar-refractivity contribution >= 4 is 11.5 Å². The Morgan fingerprint density at radius 2 is 1.94 bits per heavy atom. The van der Waals surface area contributed by atoms with Gasteiger partial charge in [0, 0.05) is 12.3 Å². The highest BCUT2D eigenvalue weighted by molar-refractivity contribution is 5.58. The number of hydrogen-bond donors (Lipinski definition) is 4. The fourth-order valence-corrected chi connectivity index (χ4v) is 1.31. The van der Waals surface area contributed by atoms with Gasteiger partial charge >= 0.3 is 5.69 Å². The zero-order chi connectivity index (χ0) is 13.8. The van der Waals surface area contributed by atoms with Crippen molar-refractivity contribution in [3.63, 3.8) is 0 Å². The SMILES string of the molecule is Cc1cnc(NC(CO)(CO)CO)c([N+](=O)[O-])c1. The Hall–Kier alpha value is -1.77. The molecule has 0 aliphatic rings. The molecule has 0 bridgehead atoms. The zero-order valence-electron chi connectivity index (χ0n) is 9.83. The molecule has 0 spiro atoms. The highest BCUT2D eigenvalue weighted by Crippen LogP contribution is 2.25. The lowest BCUT2D eigenvalue weighted by Gasteiger charge is -2.28. The second-order valence-electron chi connectivity index (χ2n) is 4.02. The van der Waals surface area contributed by atoms with E-state index in [4.69, 9.17) is 15.3 Å². The molecule has 0 aromatic carbocycles. The normalized spacial score (nSPS) is 11.3. The summed E-state index contributed by atoms with van der Waals surface area (Å²) in [7, 11) is 0. The summed E-state index contributed by atoms with van der Waals surface area (Å²) in [5.74, 6) is -0.109. The van der Waals surface area contributed by atoms with Gasteiger partial charge in [0.15, 0.2) is 0 Å². The molecular formula is C10H15N3O5. The average molecular weight is 257 g/mol. The Morgan fingerprint density at radius 1 is 1.39 bits per heavy atom. The Labute approximate surface area is 103 Å². The molecular weight excluding hydrogens is 242 g/mol. The largest absolute Gasteiger partial charge is 0.394 e. The molecule has 0 aliphatic carbocycles. The minimum absolute atomic E-state index is 0.109. The number of aromatic nitrogens is 1. The highest BCUT2D eigenvalue weighted by Gasteiger charge is 2.31. The molecule has 100 valence electrons. The highest BCUT2D eigenvalue weighted by atomic mass is 16.6. The summed E-state index contributed by atoms with van der Waals surface area (Å²) < 4.78 is 0. The summed E-state index contributed by atoms with van der Waals surface area (Å²) in [6, 6.07) is 1.31. The first-order valence-electron chi connectivity index (χ1n) is 5.20. The van der Waals surface area contributed by atoms with Crippen LogP contribution in [0.15, 0.2) is 12.3 Å². The molecule has 18 heavy (non-hydrogen) atoms. The lowest BCUT2D eigenvalue weighted by molar-refractivity contribution is -0.384. The van der Waals surface area contributed by atoms with Gasteiger partial charge in [0.2, 0.25) is 5.82 Å². The molecule has 0 saturated heterocycles. The van der Waals surface area contributed by atoms with E-state index >= 15 is 0 Å². The van der Waals surface area contributed by atoms with Gasteiger partial charge in [-0.1, -0.05) is 0 Å². The van der Waals surface area contributed by atoms with E-state index in [9.17, 15) is 10.1 Å². The first-order chi connectivity index (χ1) is 8.48. The van der Waals surface area contributed by atoms with Crippen LogP contribution in [0.1, 0.15) is 5.56 Å². The van der Waals surface area contributed by atoms with Gasteiger partial charge in [-0.3, -0.25) is 10.1 Å². The van der Waals surface area contributed by atoms with Crippen LogP contribution in [0.3, 0.4) is 0 Å². The maximum atomic E-state index is 10.9. The fraction of sp³-hybridized carbons (Fsp3) is 0.500. The average Bonchev–Trinajstić information content (AvgIpc) is 2.37. The molecule has 8 heteroatoms. The summed E-state index contributed by atoms with van der Waals surface area (Å²) in [6.07, 6.45) is 1.41. The predicted octanol–water partition coefficient (Wildman–Crippen LogP) is -0.574. The number of anilines is 1. The van der Waals surface area contributed by atoms with E-state index in [1.54, 1.807) is 6.92 Å². The number of pyridine rings is 1. The summed E-state index contributed by atoms with van der Waals surface area (Å²) >= 11 is 0. The number of nitrogens with one attached hydrogen (secondary N) is 1. The van der Waals surface area contributed by atoms with Gasteiger partial charge in [-0.25, -0.2) is 4.98 Å². The van der Waals surface area contributed by atoms with Gasteiger partial charge in [-0.05, 0) is 12.5 Å². The number of nitro groups is 1. The molecule has 8 nitrogen and oxygen atoms in total. The Kier molecular flexibility index (Phi) is 4.54. The predicted molar refractivity (Wildman–Crippen MR) is 63.2 cm³/mol. The van der Waals surface area contributed by atoms with Gasteiger partial charge in [0.1, 0.15) is 5.54 Å². The quantitative estimate of drug-likeness (QED) is 0.396. The van der Waals surface area contributed by atoms with Gasteiger partial charge in [0.25, 0.3) is 0 Å². The van der Waals surface area contributed by atoms with Crippen molar-refractivity contribution < 1.29 is 20.2 Å². The van der Waals surface area contributed by atoms with Gasteiger partial charge in [-0.15, -0.1) is 0 Å². The molecule has 0 fully saturated rings. The maximum absolute atomic E-state index is 10.9. The monoisotopic (exact) mass is 257 g/mol. The van der Waals surface area contributed by atoms with Crippen molar-refractivity contribution in [2.45, 2.75) is 12.5 Å². The van der Waals surface area contributed by atoms with E-state index in [2.05, 4.69) is 10.3 Å². The van der Waals surface area contributed by atoms with Crippen molar-refractivity contribution in [3.05, 3.63) is 27.9 Å². The van der Waals surface area contributed by atoms with Crippen LogP contribution in [-0.4, -0.2) is 50.6 Å². The van der Waals surface area contributed by atoms with Crippen LogP contribution >= 0.6 is 0 Å². The first kappa shape index (κ1) is 14.3. The summed E-state index contributed by atoms with van der Waals surface area (Å²) in [6.45, 7) is -0.118. The third-order valence-electron chi connectivity index (χ3n) is 2.49. The fourth-order valence-electron chi connectivity index (χ4n) is 1.31. The van der Waals surface area contributed by atoms with Crippen molar-refractivity contribution in [2.24, 2.45) is 0 Å². The molecule has 0 saturated carbocycles. The van der Waals surface area contributed by atoms with Gasteiger partial charge in [0.05, 0.1) is 24.7 Å². The second kappa shape index (κ2) is 5.71. The number of nitrogens with zero attached hydrogens (tertiary/aromatic N) is 2. The van der Waals surface area contributed by atoms with Crippen molar-refractivity contribution in [1.29, 1.82) is 0 Å². The molecule has 0 aliphatic heterocycles. The maximum Gasteiger partial charge on any atom is 0.311 e. The van der Waals surface area contributed by atoms with E-state index in [0.29, 0.717) is 5.56 Å². The van der Waals surface area contributed by atoms with E-state index in [0.717, 1.165) is 0 Å². The zero-order valence-corrected chi connectivity index (χ0v) is 9.83. The van der Waals surface area contributed by atoms with Crippen molar-refractivity contribution in [2.75, 3.05) is 25.1 Å². The summed E-state index contributed by atoms with van der Waals surface area (Å²) in [5.41, 5.74) is -1.13. The molecule has 4 N–H and O–H groups in total. The van der Waals surface area contributed by atoms with Crippen LogP contribution in [0.5, 0.6) is 0 Å². The van der Waals surface area contributed by atoms with E-state index in [-0.39, 0.29) is 11.5 Å². The molecule has 1 aromatic heterocycles. The number of aryl methyl sites for hydroxylation is 1. The van der Waals surface area contributed by atoms with E-state index in [1.165, 1.54) is 12.3 Å². The van der Waals surface area contributed by atoms with E-state index < -0.39 is 30.3 Å². The second-order valence-corrected chi connectivity index (χ2v) is 4.02. The third-order valence-corrected chi connectivity index (χ3v) is 2.49. The summed E-state index contributed by atoms with van der Waals surface area (Å²) in [4.78, 5) is 14.1. The molecule has 1 rings (SSSR count). The lowest BCUT2D eigenvalue weighted by Crippen LogP contribution is -2.49. The van der Waals surface area contributed by atoms with Gasteiger partial charge in [-0.2, -0.15) is 0 Å². The summed E-state index contributed by atoms with van der Waals surface area (Å²) in [5, 5.41) is 40.8. The standard InChI is InChI=1S/C10H15N3O5/c1-7-2-8(13(17)18)9(11-3-7)12-10(4-14,5-15)6-16/h2-3,14-16H,4-6H2,1H3,(H,11,12). The lowest BCUT2D eigenvalue weighted by atomic mass is 10.0. The number of aliphatic hydroxyl groups is 3. The molecule has 0 atom stereocenters. The van der Waals surface area contributed by atoms with Crippen LogP contribution < -0.4 is 5.32 Å².